The van der Waals surface area contributed by atoms with Crippen LogP contribution in [0.15, 0.2) is 48.7 Å². The minimum absolute atomic E-state index is 0.211. The van der Waals surface area contributed by atoms with E-state index >= 15 is 0 Å². The lowest BCUT2D eigenvalue weighted by Crippen LogP contribution is -2.23. The van der Waals surface area contributed by atoms with Gasteiger partial charge in [0.05, 0.1) is 12.8 Å². The largest absolute Gasteiger partial charge is 0.497 e. The Bertz CT molecular complexity index is 513. The fraction of sp³-hybridized carbons (Fsp3) is 0.312. The second kappa shape index (κ2) is 6.34. The molecule has 2 aromatic rings. The van der Waals surface area contributed by atoms with Gasteiger partial charge in [0, 0.05) is 18.3 Å². The van der Waals surface area contributed by atoms with Gasteiger partial charge in [-0.2, -0.15) is 0 Å². The van der Waals surface area contributed by atoms with Crippen molar-refractivity contribution in [3.05, 3.63) is 59.9 Å². The molecule has 0 aliphatic carbocycles. The van der Waals surface area contributed by atoms with Crippen molar-refractivity contribution >= 4 is 0 Å². The van der Waals surface area contributed by atoms with Crippen molar-refractivity contribution in [1.29, 1.82) is 0 Å². The van der Waals surface area contributed by atoms with Crippen LogP contribution >= 0.6 is 0 Å². The molecule has 2 rings (SSSR count). The van der Waals surface area contributed by atoms with Crippen LogP contribution in [0.2, 0.25) is 0 Å². The summed E-state index contributed by atoms with van der Waals surface area (Å²) in [7, 11) is 1.69. The second-order valence-electron chi connectivity index (χ2n) is 4.64. The van der Waals surface area contributed by atoms with E-state index in [2.05, 4.69) is 36.3 Å². The molecule has 1 aromatic heterocycles. The standard InChI is InChI=1S/C16H20N2O/c1-12(14-7-6-8-15(11-14)19-3)18-13(2)16-9-4-5-10-17-16/h4-13,18H,1-3H3/t12-,13?/m1/s1. The number of benzene rings is 1. The number of ether oxygens (including phenoxy) is 1. The number of aromatic nitrogens is 1. The third-order valence-corrected chi connectivity index (χ3v) is 3.23. The maximum absolute atomic E-state index is 5.25. The van der Waals surface area contributed by atoms with Gasteiger partial charge in [-0.3, -0.25) is 4.98 Å². The summed E-state index contributed by atoms with van der Waals surface area (Å²) >= 11 is 0. The van der Waals surface area contributed by atoms with Crippen LogP contribution < -0.4 is 10.1 Å². The predicted molar refractivity (Wildman–Crippen MR) is 77.2 cm³/mol. The zero-order valence-corrected chi connectivity index (χ0v) is 11.6. The summed E-state index contributed by atoms with van der Waals surface area (Å²) in [5.74, 6) is 0.886. The Balaban J connectivity index is 2.06. The summed E-state index contributed by atoms with van der Waals surface area (Å²) < 4.78 is 5.25. The van der Waals surface area contributed by atoms with Gasteiger partial charge in [0.2, 0.25) is 0 Å². The lowest BCUT2D eigenvalue weighted by molar-refractivity contribution is 0.412. The monoisotopic (exact) mass is 256 g/mol. The zero-order valence-electron chi connectivity index (χ0n) is 11.6. The molecule has 1 aromatic carbocycles. The van der Waals surface area contributed by atoms with E-state index in [1.165, 1.54) is 5.56 Å². The van der Waals surface area contributed by atoms with Crippen molar-refractivity contribution in [2.24, 2.45) is 0 Å². The van der Waals surface area contributed by atoms with Crippen LogP contribution in [0.3, 0.4) is 0 Å². The summed E-state index contributed by atoms with van der Waals surface area (Å²) in [5.41, 5.74) is 2.26. The molecule has 1 heterocycles. The summed E-state index contributed by atoms with van der Waals surface area (Å²) in [6.45, 7) is 4.27. The Hall–Kier alpha value is -1.87. The predicted octanol–water partition coefficient (Wildman–Crippen LogP) is 3.50. The average Bonchev–Trinajstić information content (AvgIpc) is 2.48. The first-order valence-corrected chi connectivity index (χ1v) is 6.51. The molecule has 0 spiro atoms. The summed E-state index contributed by atoms with van der Waals surface area (Å²) in [5, 5.41) is 3.55. The smallest absolute Gasteiger partial charge is 0.119 e. The van der Waals surface area contributed by atoms with Gasteiger partial charge in [0.25, 0.3) is 0 Å². The molecule has 3 heteroatoms. The van der Waals surface area contributed by atoms with Crippen LogP contribution in [0.4, 0.5) is 0 Å². The summed E-state index contributed by atoms with van der Waals surface area (Å²) in [4.78, 5) is 4.37. The molecule has 0 aliphatic rings. The van der Waals surface area contributed by atoms with Crippen molar-refractivity contribution in [2.45, 2.75) is 25.9 Å². The fourth-order valence-corrected chi connectivity index (χ4v) is 2.10. The van der Waals surface area contributed by atoms with Gasteiger partial charge in [0.1, 0.15) is 5.75 Å². The van der Waals surface area contributed by atoms with Gasteiger partial charge in [-0.15, -0.1) is 0 Å². The van der Waals surface area contributed by atoms with Crippen LogP contribution in [-0.2, 0) is 0 Å². The maximum atomic E-state index is 5.25. The molecular weight excluding hydrogens is 236 g/mol. The number of rotatable bonds is 5. The number of pyridine rings is 1. The van der Waals surface area contributed by atoms with Gasteiger partial charge >= 0.3 is 0 Å². The highest BCUT2D eigenvalue weighted by Crippen LogP contribution is 2.21. The highest BCUT2D eigenvalue weighted by molar-refractivity contribution is 5.30. The number of nitrogens with zero attached hydrogens (tertiary/aromatic N) is 1. The van der Waals surface area contributed by atoms with Gasteiger partial charge in [0.15, 0.2) is 0 Å². The van der Waals surface area contributed by atoms with E-state index in [-0.39, 0.29) is 12.1 Å². The number of nitrogens with one attached hydrogen (secondary N) is 1. The normalized spacial score (nSPS) is 13.8. The van der Waals surface area contributed by atoms with Gasteiger partial charge in [-0.25, -0.2) is 0 Å². The number of methoxy groups -OCH3 is 1. The zero-order chi connectivity index (χ0) is 13.7. The van der Waals surface area contributed by atoms with Crippen LogP contribution in [0.5, 0.6) is 5.75 Å². The van der Waals surface area contributed by atoms with Crippen molar-refractivity contribution in [3.8, 4) is 5.75 Å². The van der Waals surface area contributed by atoms with E-state index in [1.807, 2.05) is 36.5 Å². The van der Waals surface area contributed by atoms with Gasteiger partial charge in [-0.05, 0) is 43.7 Å². The van der Waals surface area contributed by atoms with Crippen LogP contribution in [0, 0.1) is 0 Å². The van der Waals surface area contributed by atoms with Crippen LogP contribution in [-0.4, -0.2) is 12.1 Å². The molecule has 0 aliphatic heterocycles. The number of hydrogen-bond donors (Lipinski definition) is 1. The van der Waals surface area contributed by atoms with E-state index < -0.39 is 0 Å². The van der Waals surface area contributed by atoms with Gasteiger partial charge in [-0.1, -0.05) is 18.2 Å². The van der Waals surface area contributed by atoms with E-state index in [9.17, 15) is 0 Å². The van der Waals surface area contributed by atoms with E-state index in [0.717, 1.165) is 11.4 Å². The van der Waals surface area contributed by atoms with Crippen molar-refractivity contribution in [2.75, 3.05) is 7.11 Å². The molecule has 0 saturated carbocycles. The maximum Gasteiger partial charge on any atom is 0.119 e. The highest BCUT2D eigenvalue weighted by atomic mass is 16.5. The Morgan fingerprint density at radius 1 is 1.05 bits per heavy atom. The Kier molecular flexibility index (Phi) is 4.53. The minimum Gasteiger partial charge on any atom is -0.497 e. The summed E-state index contributed by atoms with van der Waals surface area (Å²) in [6, 6.07) is 14.6. The Morgan fingerprint density at radius 2 is 1.89 bits per heavy atom. The molecule has 1 N–H and O–H groups in total. The Labute approximate surface area is 114 Å². The molecule has 3 nitrogen and oxygen atoms in total. The van der Waals surface area contributed by atoms with E-state index in [0.29, 0.717) is 0 Å². The van der Waals surface area contributed by atoms with Crippen molar-refractivity contribution < 1.29 is 4.74 Å². The topological polar surface area (TPSA) is 34.1 Å². The van der Waals surface area contributed by atoms with Crippen LogP contribution in [0.25, 0.3) is 0 Å². The molecule has 0 radical (unpaired) electrons. The number of hydrogen-bond acceptors (Lipinski definition) is 3. The molecule has 2 atom stereocenters. The molecular formula is C16H20N2O. The molecule has 1 unspecified atom stereocenters. The summed E-state index contributed by atoms with van der Waals surface area (Å²) in [6.07, 6.45) is 1.82. The van der Waals surface area contributed by atoms with Crippen LogP contribution in [0.1, 0.15) is 37.2 Å². The first-order valence-electron chi connectivity index (χ1n) is 6.51. The first-order chi connectivity index (χ1) is 9.20. The minimum atomic E-state index is 0.211. The SMILES string of the molecule is COc1cccc([C@@H](C)NC(C)c2ccccn2)c1. The quantitative estimate of drug-likeness (QED) is 0.889. The molecule has 0 saturated heterocycles. The average molecular weight is 256 g/mol. The van der Waals surface area contributed by atoms with Gasteiger partial charge < -0.3 is 10.1 Å². The Morgan fingerprint density at radius 3 is 2.58 bits per heavy atom. The molecule has 0 bridgehead atoms. The third-order valence-electron chi connectivity index (χ3n) is 3.23. The molecule has 19 heavy (non-hydrogen) atoms. The van der Waals surface area contributed by atoms with Crippen molar-refractivity contribution in [3.63, 3.8) is 0 Å². The molecule has 100 valence electrons. The first kappa shape index (κ1) is 13.6. The molecule has 0 amide bonds. The lowest BCUT2D eigenvalue weighted by atomic mass is 10.1. The third kappa shape index (κ3) is 3.55. The van der Waals surface area contributed by atoms with Crippen molar-refractivity contribution in [1.82, 2.24) is 10.3 Å². The van der Waals surface area contributed by atoms with E-state index in [4.69, 9.17) is 4.74 Å². The molecule has 0 fully saturated rings. The second-order valence-corrected chi connectivity index (χ2v) is 4.64. The lowest BCUT2D eigenvalue weighted by Gasteiger charge is -2.20. The highest BCUT2D eigenvalue weighted by Gasteiger charge is 2.12. The van der Waals surface area contributed by atoms with E-state index in [1.54, 1.807) is 7.11 Å². The fourth-order valence-electron chi connectivity index (χ4n) is 2.10.